The van der Waals surface area contributed by atoms with Gasteiger partial charge in [0.15, 0.2) is 0 Å². The summed E-state index contributed by atoms with van der Waals surface area (Å²) in [6, 6.07) is 7.69. The largest absolute Gasteiger partial charge is 0.480 e. The van der Waals surface area contributed by atoms with Crippen LogP contribution in [0.4, 0.5) is 5.69 Å². The number of benzene rings is 1. The fourth-order valence-electron chi connectivity index (χ4n) is 1.48. The number of anilines is 1. The Labute approximate surface area is 95.1 Å². The molecule has 0 aromatic heterocycles. The topological polar surface area (TPSA) is 60.8 Å². The minimum absolute atomic E-state index is 0.0386. The van der Waals surface area contributed by atoms with Gasteiger partial charge in [0.05, 0.1) is 0 Å². The first kappa shape index (κ1) is 12.5. The van der Waals surface area contributed by atoms with Crippen molar-refractivity contribution >= 4 is 11.7 Å². The van der Waals surface area contributed by atoms with Crippen LogP contribution in [0, 0.1) is 6.92 Å². The molecule has 0 unspecified atom stereocenters. The summed E-state index contributed by atoms with van der Waals surface area (Å²) in [4.78, 5) is 12.5. The molecular weight excluding hydrogens is 206 g/mol. The van der Waals surface area contributed by atoms with Gasteiger partial charge in [-0.25, -0.2) is 0 Å². The maximum Gasteiger partial charge on any atom is 0.323 e. The van der Waals surface area contributed by atoms with Crippen LogP contribution in [0.2, 0.25) is 0 Å². The highest BCUT2D eigenvalue weighted by molar-refractivity contribution is 5.73. The molecule has 0 aliphatic heterocycles. The van der Waals surface area contributed by atoms with Gasteiger partial charge in [0.25, 0.3) is 0 Å². The zero-order valence-electron chi connectivity index (χ0n) is 9.39. The first-order chi connectivity index (χ1) is 7.63. The molecule has 0 heterocycles. The highest BCUT2D eigenvalue weighted by Crippen LogP contribution is 2.15. The van der Waals surface area contributed by atoms with E-state index in [0.29, 0.717) is 13.0 Å². The molecule has 4 nitrogen and oxygen atoms in total. The summed E-state index contributed by atoms with van der Waals surface area (Å²) in [7, 11) is 0. The van der Waals surface area contributed by atoms with Crippen LogP contribution in [0.15, 0.2) is 24.3 Å². The van der Waals surface area contributed by atoms with Crippen molar-refractivity contribution in [2.75, 3.05) is 24.6 Å². The number of carbonyl (C=O) groups is 1. The minimum Gasteiger partial charge on any atom is -0.480 e. The number of aliphatic hydroxyl groups excluding tert-OH is 1. The maximum absolute atomic E-state index is 10.7. The molecule has 1 aromatic rings. The third-order valence-corrected chi connectivity index (χ3v) is 2.31. The first-order valence-corrected chi connectivity index (χ1v) is 5.27. The zero-order chi connectivity index (χ0) is 12.0. The molecule has 2 N–H and O–H groups in total. The van der Waals surface area contributed by atoms with Gasteiger partial charge in [-0.3, -0.25) is 4.79 Å². The summed E-state index contributed by atoms with van der Waals surface area (Å²) in [5.74, 6) is -0.862. The Morgan fingerprint density at radius 2 is 1.94 bits per heavy atom. The number of carboxylic acid groups (broad SMARTS) is 1. The van der Waals surface area contributed by atoms with Gasteiger partial charge in [-0.1, -0.05) is 17.7 Å². The second kappa shape index (κ2) is 6.12. The van der Waals surface area contributed by atoms with Crippen LogP contribution < -0.4 is 4.90 Å². The summed E-state index contributed by atoms with van der Waals surface area (Å²) >= 11 is 0. The predicted octanol–water partition coefficient (Wildman–Crippen LogP) is 1.27. The Hall–Kier alpha value is -1.55. The number of aryl methyl sites for hydroxylation is 1. The van der Waals surface area contributed by atoms with Crippen molar-refractivity contribution in [3.8, 4) is 0 Å². The third-order valence-electron chi connectivity index (χ3n) is 2.31. The van der Waals surface area contributed by atoms with Crippen molar-refractivity contribution in [2.45, 2.75) is 13.3 Å². The van der Waals surface area contributed by atoms with Crippen LogP contribution in [-0.4, -0.2) is 35.9 Å². The standard InChI is InChI=1S/C12H17NO3/c1-10-3-5-11(6-4-10)13(7-2-8-14)9-12(15)16/h3-6,14H,2,7-9H2,1H3,(H,15,16). The average Bonchev–Trinajstić information content (AvgIpc) is 2.25. The third kappa shape index (κ3) is 3.90. The van der Waals surface area contributed by atoms with E-state index >= 15 is 0 Å². The fraction of sp³-hybridized carbons (Fsp3) is 0.417. The molecule has 0 atom stereocenters. The predicted molar refractivity (Wildman–Crippen MR) is 62.7 cm³/mol. The van der Waals surface area contributed by atoms with Gasteiger partial charge < -0.3 is 15.1 Å². The van der Waals surface area contributed by atoms with Crippen molar-refractivity contribution in [1.82, 2.24) is 0 Å². The number of hydrogen-bond donors (Lipinski definition) is 2. The summed E-state index contributed by atoms with van der Waals surface area (Å²) in [6.45, 7) is 2.57. The number of hydrogen-bond acceptors (Lipinski definition) is 3. The number of aliphatic hydroxyl groups is 1. The lowest BCUT2D eigenvalue weighted by atomic mass is 10.2. The van der Waals surface area contributed by atoms with Crippen LogP contribution in [0.3, 0.4) is 0 Å². The van der Waals surface area contributed by atoms with Gasteiger partial charge in [-0.05, 0) is 25.5 Å². The molecule has 0 radical (unpaired) electrons. The number of carboxylic acids is 1. The lowest BCUT2D eigenvalue weighted by Gasteiger charge is -2.22. The Kier molecular flexibility index (Phi) is 4.79. The van der Waals surface area contributed by atoms with E-state index in [4.69, 9.17) is 10.2 Å². The number of aliphatic carboxylic acids is 1. The van der Waals surface area contributed by atoms with Gasteiger partial charge >= 0.3 is 5.97 Å². The van der Waals surface area contributed by atoms with Crippen molar-refractivity contribution in [1.29, 1.82) is 0 Å². The lowest BCUT2D eigenvalue weighted by Crippen LogP contribution is -2.31. The Balaban J connectivity index is 2.74. The van der Waals surface area contributed by atoms with Crippen LogP contribution in [0.5, 0.6) is 0 Å². The van der Waals surface area contributed by atoms with Crippen LogP contribution in [0.1, 0.15) is 12.0 Å². The number of nitrogens with zero attached hydrogens (tertiary/aromatic N) is 1. The van der Waals surface area contributed by atoms with E-state index in [0.717, 1.165) is 11.3 Å². The fourth-order valence-corrected chi connectivity index (χ4v) is 1.48. The molecule has 0 saturated heterocycles. The van der Waals surface area contributed by atoms with Gasteiger partial charge in [0, 0.05) is 18.8 Å². The Bertz CT molecular complexity index is 335. The summed E-state index contributed by atoms with van der Waals surface area (Å²) in [6.07, 6.45) is 0.571. The van der Waals surface area contributed by atoms with Crippen molar-refractivity contribution in [3.05, 3.63) is 29.8 Å². The molecule has 88 valence electrons. The second-order valence-electron chi connectivity index (χ2n) is 3.73. The van der Waals surface area contributed by atoms with E-state index in [2.05, 4.69) is 0 Å². The zero-order valence-corrected chi connectivity index (χ0v) is 9.39. The summed E-state index contributed by atoms with van der Waals surface area (Å²) < 4.78 is 0. The molecular formula is C12H17NO3. The van der Waals surface area contributed by atoms with Crippen molar-refractivity contribution in [2.24, 2.45) is 0 Å². The van der Waals surface area contributed by atoms with Crippen molar-refractivity contribution in [3.63, 3.8) is 0 Å². The molecule has 1 aromatic carbocycles. The van der Waals surface area contributed by atoms with Crippen LogP contribution >= 0.6 is 0 Å². The lowest BCUT2D eigenvalue weighted by molar-refractivity contribution is -0.135. The molecule has 0 saturated carbocycles. The van der Waals surface area contributed by atoms with Gasteiger partial charge in [-0.2, -0.15) is 0 Å². The van der Waals surface area contributed by atoms with Gasteiger partial charge in [-0.15, -0.1) is 0 Å². The summed E-state index contributed by atoms with van der Waals surface area (Å²) in [5.41, 5.74) is 2.02. The molecule has 0 spiro atoms. The Morgan fingerprint density at radius 3 is 2.44 bits per heavy atom. The normalized spacial score (nSPS) is 10.1. The molecule has 1 rings (SSSR count). The summed E-state index contributed by atoms with van der Waals surface area (Å²) in [5, 5.41) is 17.6. The Morgan fingerprint density at radius 1 is 1.31 bits per heavy atom. The quantitative estimate of drug-likeness (QED) is 0.762. The van der Waals surface area contributed by atoms with E-state index in [-0.39, 0.29) is 13.2 Å². The van der Waals surface area contributed by atoms with Gasteiger partial charge in [0.1, 0.15) is 6.54 Å². The molecule has 4 heteroatoms. The van der Waals surface area contributed by atoms with Gasteiger partial charge in [0.2, 0.25) is 0 Å². The maximum atomic E-state index is 10.7. The SMILES string of the molecule is Cc1ccc(N(CCCO)CC(=O)O)cc1. The van der Waals surface area contributed by atoms with Crippen molar-refractivity contribution < 1.29 is 15.0 Å². The second-order valence-corrected chi connectivity index (χ2v) is 3.73. The molecule has 0 aliphatic rings. The molecule has 0 bridgehead atoms. The average molecular weight is 223 g/mol. The number of rotatable bonds is 6. The van der Waals surface area contributed by atoms with E-state index < -0.39 is 5.97 Å². The van der Waals surface area contributed by atoms with E-state index in [1.165, 1.54) is 0 Å². The smallest absolute Gasteiger partial charge is 0.323 e. The van der Waals surface area contributed by atoms with E-state index in [1.807, 2.05) is 31.2 Å². The van der Waals surface area contributed by atoms with E-state index in [1.54, 1.807) is 4.90 Å². The molecule has 0 aliphatic carbocycles. The first-order valence-electron chi connectivity index (χ1n) is 5.27. The van der Waals surface area contributed by atoms with E-state index in [9.17, 15) is 4.79 Å². The molecule has 16 heavy (non-hydrogen) atoms. The highest BCUT2D eigenvalue weighted by Gasteiger charge is 2.09. The highest BCUT2D eigenvalue weighted by atomic mass is 16.4. The van der Waals surface area contributed by atoms with Crippen LogP contribution in [0.25, 0.3) is 0 Å². The molecule has 0 fully saturated rings. The van der Waals surface area contributed by atoms with Crippen LogP contribution in [-0.2, 0) is 4.79 Å². The monoisotopic (exact) mass is 223 g/mol. The minimum atomic E-state index is -0.862. The molecule has 0 amide bonds.